The number of anilines is 1. The number of hydrogen-bond donors (Lipinski definition) is 1. The number of fused-ring (bicyclic) bond motifs is 2. The maximum atomic E-state index is 12.7. The minimum atomic E-state index is -0.385. The van der Waals surface area contributed by atoms with E-state index in [2.05, 4.69) is 15.5 Å². The Hall–Kier alpha value is -3.40. The van der Waals surface area contributed by atoms with E-state index < -0.39 is 0 Å². The molecule has 9 nitrogen and oxygen atoms in total. The van der Waals surface area contributed by atoms with Gasteiger partial charge in [-0.05, 0) is 44.2 Å². The standard InChI is InChI=1S/C21H20N4O5S/c1-3-25-19(13-4-6-15-17(8-13)29-10-27-15)23-24-21(25)31-12(2)20(26)22-14-5-7-16-18(9-14)30-11-28-16/h4-9,12H,3,10-11H2,1-2H3,(H,22,26)/t12-/m0/s1. The van der Waals surface area contributed by atoms with Crippen molar-refractivity contribution in [2.24, 2.45) is 0 Å². The Bertz CT molecular complexity index is 1150. The number of nitrogens with one attached hydrogen (secondary N) is 1. The highest BCUT2D eigenvalue weighted by Gasteiger charge is 2.23. The zero-order valence-electron chi connectivity index (χ0n) is 17.0. The van der Waals surface area contributed by atoms with Crippen LogP contribution in [0.4, 0.5) is 5.69 Å². The van der Waals surface area contributed by atoms with Crippen LogP contribution >= 0.6 is 11.8 Å². The highest BCUT2D eigenvalue weighted by Crippen LogP contribution is 2.37. The van der Waals surface area contributed by atoms with E-state index in [4.69, 9.17) is 18.9 Å². The molecule has 0 fully saturated rings. The number of aromatic nitrogens is 3. The lowest BCUT2D eigenvalue weighted by Gasteiger charge is -2.13. The summed E-state index contributed by atoms with van der Waals surface area (Å²) >= 11 is 1.35. The predicted molar refractivity (Wildman–Crippen MR) is 114 cm³/mol. The summed E-state index contributed by atoms with van der Waals surface area (Å²) in [5.74, 6) is 3.28. The first-order valence-corrected chi connectivity index (χ1v) is 10.7. The highest BCUT2D eigenvalue weighted by atomic mass is 32.2. The van der Waals surface area contributed by atoms with Gasteiger partial charge in [-0.15, -0.1) is 10.2 Å². The molecule has 0 saturated carbocycles. The lowest BCUT2D eigenvalue weighted by Crippen LogP contribution is -2.22. The first kappa shape index (κ1) is 19.6. The third-order valence-electron chi connectivity index (χ3n) is 4.96. The Morgan fingerprint density at radius 3 is 2.45 bits per heavy atom. The van der Waals surface area contributed by atoms with Gasteiger partial charge in [0.15, 0.2) is 34.0 Å². The zero-order chi connectivity index (χ0) is 21.4. The first-order valence-electron chi connectivity index (χ1n) is 9.83. The summed E-state index contributed by atoms with van der Waals surface area (Å²) < 4.78 is 23.5. The molecule has 160 valence electrons. The molecule has 0 radical (unpaired) electrons. The fourth-order valence-electron chi connectivity index (χ4n) is 3.34. The second kappa shape index (κ2) is 8.03. The Balaban J connectivity index is 1.31. The van der Waals surface area contributed by atoms with Gasteiger partial charge in [-0.2, -0.15) is 0 Å². The summed E-state index contributed by atoms with van der Waals surface area (Å²) in [6, 6.07) is 11.0. The second-order valence-corrected chi connectivity index (χ2v) is 8.24. The van der Waals surface area contributed by atoms with Crippen molar-refractivity contribution in [1.29, 1.82) is 0 Å². The molecule has 5 rings (SSSR count). The average Bonchev–Trinajstić information content (AvgIpc) is 3.51. The average molecular weight is 440 g/mol. The van der Waals surface area contributed by atoms with Crippen molar-refractivity contribution in [3.63, 3.8) is 0 Å². The molecule has 1 aromatic heterocycles. The number of amides is 1. The molecule has 31 heavy (non-hydrogen) atoms. The number of nitrogens with zero attached hydrogens (tertiary/aromatic N) is 3. The lowest BCUT2D eigenvalue weighted by molar-refractivity contribution is -0.115. The van der Waals surface area contributed by atoms with Gasteiger partial charge in [0, 0.05) is 23.9 Å². The normalized spacial score (nSPS) is 14.5. The summed E-state index contributed by atoms with van der Waals surface area (Å²) in [5, 5.41) is 11.9. The Morgan fingerprint density at radius 1 is 1.03 bits per heavy atom. The molecule has 3 heterocycles. The van der Waals surface area contributed by atoms with Crippen LogP contribution in [0.2, 0.25) is 0 Å². The Labute approximate surface area is 182 Å². The van der Waals surface area contributed by atoms with E-state index in [1.165, 1.54) is 11.8 Å². The van der Waals surface area contributed by atoms with Crippen LogP contribution < -0.4 is 24.3 Å². The van der Waals surface area contributed by atoms with Gasteiger partial charge in [0.25, 0.3) is 0 Å². The number of rotatable bonds is 6. The van der Waals surface area contributed by atoms with Gasteiger partial charge in [-0.3, -0.25) is 4.79 Å². The second-order valence-electron chi connectivity index (χ2n) is 6.94. The van der Waals surface area contributed by atoms with Crippen LogP contribution in [0.25, 0.3) is 11.4 Å². The van der Waals surface area contributed by atoms with Crippen molar-refractivity contribution in [2.45, 2.75) is 30.8 Å². The van der Waals surface area contributed by atoms with Crippen LogP contribution in [0.5, 0.6) is 23.0 Å². The largest absolute Gasteiger partial charge is 0.454 e. The van der Waals surface area contributed by atoms with Crippen LogP contribution in [0.3, 0.4) is 0 Å². The number of benzene rings is 2. The molecule has 3 aromatic rings. The van der Waals surface area contributed by atoms with E-state index in [1.807, 2.05) is 36.6 Å². The van der Waals surface area contributed by atoms with Crippen molar-refractivity contribution in [3.05, 3.63) is 36.4 Å². The molecular weight excluding hydrogens is 420 g/mol. The van der Waals surface area contributed by atoms with Crippen molar-refractivity contribution in [3.8, 4) is 34.4 Å². The van der Waals surface area contributed by atoms with Crippen molar-refractivity contribution >= 4 is 23.4 Å². The quantitative estimate of drug-likeness (QED) is 0.582. The molecule has 0 bridgehead atoms. The topological polar surface area (TPSA) is 96.7 Å². The molecule has 0 aliphatic carbocycles. The third-order valence-corrected chi connectivity index (χ3v) is 6.04. The molecule has 2 aliphatic heterocycles. The molecular formula is C21H20N4O5S. The van der Waals surface area contributed by atoms with Gasteiger partial charge in [0.2, 0.25) is 19.5 Å². The highest BCUT2D eigenvalue weighted by molar-refractivity contribution is 8.00. The predicted octanol–water partition coefficient (Wildman–Crippen LogP) is 3.54. The van der Waals surface area contributed by atoms with Gasteiger partial charge in [0.05, 0.1) is 5.25 Å². The van der Waals surface area contributed by atoms with Crippen LogP contribution in [0.15, 0.2) is 41.6 Å². The fourth-order valence-corrected chi connectivity index (χ4v) is 4.25. The monoisotopic (exact) mass is 440 g/mol. The summed E-state index contributed by atoms with van der Waals surface area (Å²) in [6.07, 6.45) is 0. The molecule has 0 spiro atoms. The van der Waals surface area contributed by atoms with Gasteiger partial charge < -0.3 is 28.8 Å². The van der Waals surface area contributed by atoms with Gasteiger partial charge in [-0.25, -0.2) is 0 Å². The summed E-state index contributed by atoms with van der Waals surface area (Å²) in [6.45, 7) is 4.92. The minimum Gasteiger partial charge on any atom is -0.454 e. The van der Waals surface area contributed by atoms with Crippen molar-refractivity contribution < 1.29 is 23.7 Å². The summed E-state index contributed by atoms with van der Waals surface area (Å²) in [4.78, 5) is 12.7. The number of ether oxygens (including phenoxy) is 4. The van der Waals surface area contributed by atoms with E-state index in [0.29, 0.717) is 40.5 Å². The summed E-state index contributed by atoms with van der Waals surface area (Å²) in [5.41, 5.74) is 1.53. The van der Waals surface area contributed by atoms with Crippen LogP contribution in [0.1, 0.15) is 13.8 Å². The van der Waals surface area contributed by atoms with E-state index in [0.717, 1.165) is 11.3 Å². The van der Waals surface area contributed by atoms with Crippen molar-refractivity contribution in [2.75, 3.05) is 18.9 Å². The third kappa shape index (κ3) is 3.74. The molecule has 1 N–H and O–H groups in total. The maximum Gasteiger partial charge on any atom is 0.237 e. The molecule has 2 aromatic carbocycles. The summed E-state index contributed by atoms with van der Waals surface area (Å²) in [7, 11) is 0. The van der Waals surface area contributed by atoms with Crippen LogP contribution in [-0.4, -0.2) is 39.5 Å². The number of carbonyl (C=O) groups is 1. The smallest absolute Gasteiger partial charge is 0.237 e. The zero-order valence-corrected chi connectivity index (χ0v) is 17.8. The minimum absolute atomic E-state index is 0.140. The van der Waals surface area contributed by atoms with E-state index in [9.17, 15) is 4.79 Å². The first-order chi connectivity index (χ1) is 15.1. The maximum absolute atomic E-state index is 12.7. The Morgan fingerprint density at radius 2 is 1.71 bits per heavy atom. The van der Waals surface area contributed by atoms with Crippen molar-refractivity contribution in [1.82, 2.24) is 14.8 Å². The van der Waals surface area contributed by atoms with Crippen LogP contribution in [0, 0.1) is 0 Å². The molecule has 10 heteroatoms. The molecule has 0 saturated heterocycles. The van der Waals surface area contributed by atoms with Gasteiger partial charge in [0.1, 0.15) is 0 Å². The molecule has 1 amide bonds. The van der Waals surface area contributed by atoms with Crippen LogP contribution in [-0.2, 0) is 11.3 Å². The lowest BCUT2D eigenvalue weighted by atomic mass is 10.2. The van der Waals surface area contributed by atoms with Gasteiger partial charge >= 0.3 is 0 Å². The molecule has 1 atom stereocenters. The number of thioether (sulfide) groups is 1. The molecule has 2 aliphatic rings. The molecule has 0 unspecified atom stereocenters. The van der Waals surface area contributed by atoms with E-state index >= 15 is 0 Å². The van der Waals surface area contributed by atoms with E-state index in [-0.39, 0.29) is 24.7 Å². The van der Waals surface area contributed by atoms with Gasteiger partial charge in [-0.1, -0.05) is 11.8 Å². The van der Waals surface area contributed by atoms with E-state index in [1.54, 1.807) is 18.2 Å². The SMILES string of the molecule is CCn1c(S[C@@H](C)C(=O)Nc2ccc3c(c2)OCO3)nnc1-c1ccc2c(c1)OCO2. The number of hydrogen-bond acceptors (Lipinski definition) is 8. The number of carbonyl (C=O) groups excluding carboxylic acids is 1. The fraction of sp³-hybridized carbons (Fsp3) is 0.286. The Kier molecular flexibility index (Phi) is 5.06.